The van der Waals surface area contributed by atoms with Gasteiger partial charge in [-0.15, -0.1) is 0 Å². The van der Waals surface area contributed by atoms with Gasteiger partial charge in [-0.1, -0.05) is 24.3 Å². The number of sulfone groups is 1. The Bertz CT molecular complexity index is 1820. The zero-order chi connectivity index (χ0) is 37.3. The topological polar surface area (TPSA) is 148 Å². The highest BCUT2D eigenvalue weighted by Crippen LogP contribution is 2.44. The van der Waals surface area contributed by atoms with Crippen LogP contribution in [0.25, 0.3) is 12.2 Å². The summed E-state index contributed by atoms with van der Waals surface area (Å²) >= 11 is 0. The molecule has 0 radical (unpaired) electrons. The Balaban J connectivity index is 2.00. The second kappa shape index (κ2) is 16.8. The van der Waals surface area contributed by atoms with Gasteiger partial charge in [0.1, 0.15) is 45.0 Å². The first kappa shape index (κ1) is 38.1. The van der Waals surface area contributed by atoms with E-state index in [2.05, 4.69) is 0 Å². The third-order valence-corrected chi connectivity index (χ3v) is 10.4. The van der Waals surface area contributed by atoms with Gasteiger partial charge in [0.2, 0.25) is 0 Å². The molecule has 0 heterocycles. The van der Waals surface area contributed by atoms with Gasteiger partial charge in [0.15, 0.2) is 32.8 Å². The maximum Gasteiger partial charge on any atom is 0.171 e. The number of methoxy groups -OCH3 is 8. The lowest BCUT2D eigenvalue weighted by Gasteiger charge is -2.23. The molecule has 2 N–H and O–H groups in total. The molecule has 2 atom stereocenters. The Morgan fingerprint density at radius 2 is 0.784 bits per heavy atom. The Morgan fingerprint density at radius 1 is 0.471 bits per heavy atom. The third kappa shape index (κ3) is 8.21. The second-order valence-corrected chi connectivity index (χ2v) is 13.1. The van der Waals surface area contributed by atoms with Crippen molar-refractivity contribution in [3.8, 4) is 57.5 Å². The van der Waals surface area contributed by atoms with Crippen molar-refractivity contribution in [1.82, 2.24) is 0 Å². The van der Waals surface area contributed by atoms with Crippen molar-refractivity contribution in [2.24, 2.45) is 0 Å². The maximum absolute atomic E-state index is 15.1. The largest absolute Gasteiger partial charge is 0.504 e. The van der Waals surface area contributed by atoms with Crippen molar-refractivity contribution < 1.29 is 56.5 Å². The van der Waals surface area contributed by atoms with E-state index < -0.39 is 20.3 Å². The summed E-state index contributed by atoms with van der Waals surface area (Å²) in [6, 6.07) is 15.3. The molecule has 0 spiro atoms. The maximum atomic E-state index is 15.1. The van der Waals surface area contributed by atoms with Gasteiger partial charge in [0, 0.05) is 24.3 Å². The lowest BCUT2D eigenvalue weighted by molar-refractivity contribution is 0.373. The Labute approximate surface area is 297 Å². The normalized spacial score (nSPS) is 12.7. The number of hydrogen-bond donors (Lipinski definition) is 2. The minimum Gasteiger partial charge on any atom is -0.504 e. The van der Waals surface area contributed by atoms with Gasteiger partial charge in [0.05, 0.1) is 68.0 Å². The smallest absolute Gasteiger partial charge is 0.171 e. The van der Waals surface area contributed by atoms with Gasteiger partial charge in [-0.25, -0.2) is 8.42 Å². The highest BCUT2D eigenvalue weighted by Gasteiger charge is 2.35. The molecule has 0 aromatic heterocycles. The van der Waals surface area contributed by atoms with Crippen molar-refractivity contribution in [2.75, 3.05) is 56.9 Å². The first-order chi connectivity index (χ1) is 24.5. The first-order valence-electron chi connectivity index (χ1n) is 15.4. The molecule has 0 bridgehead atoms. The van der Waals surface area contributed by atoms with E-state index in [0.29, 0.717) is 45.6 Å². The van der Waals surface area contributed by atoms with Crippen LogP contribution in [0.2, 0.25) is 0 Å². The molecule has 51 heavy (non-hydrogen) atoms. The number of ether oxygens (including phenoxy) is 8. The fourth-order valence-corrected chi connectivity index (χ4v) is 7.47. The predicted octanol–water partition coefficient (Wildman–Crippen LogP) is 6.79. The molecule has 4 aromatic rings. The van der Waals surface area contributed by atoms with Crippen LogP contribution in [0, 0.1) is 0 Å². The summed E-state index contributed by atoms with van der Waals surface area (Å²) in [7, 11) is 7.31. The quantitative estimate of drug-likeness (QED) is 0.125. The van der Waals surface area contributed by atoms with E-state index in [1.807, 2.05) is 0 Å². The number of rotatable bonds is 16. The molecule has 12 nitrogen and oxygen atoms in total. The van der Waals surface area contributed by atoms with Crippen LogP contribution in [0.15, 0.2) is 72.8 Å². The Morgan fingerprint density at radius 3 is 1.04 bits per heavy atom. The van der Waals surface area contributed by atoms with Crippen LogP contribution in [0.1, 0.15) is 32.8 Å². The van der Waals surface area contributed by atoms with Crippen molar-refractivity contribution in [1.29, 1.82) is 0 Å². The summed E-state index contributed by atoms with van der Waals surface area (Å²) < 4.78 is 73.9. The lowest BCUT2D eigenvalue weighted by Crippen LogP contribution is -2.19. The van der Waals surface area contributed by atoms with E-state index in [9.17, 15) is 10.2 Å². The third-order valence-electron chi connectivity index (χ3n) is 8.15. The summed E-state index contributed by atoms with van der Waals surface area (Å²) in [5.41, 5.74) is 1.35. The molecule has 0 saturated heterocycles. The molecule has 2 unspecified atom stereocenters. The molecule has 0 aliphatic heterocycles. The number of aromatic hydroxyl groups is 2. The minimum absolute atomic E-state index is 0.160. The summed E-state index contributed by atoms with van der Waals surface area (Å²) in [4.78, 5) is 0. The molecule has 4 aromatic carbocycles. The molecule has 0 amide bonds. The van der Waals surface area contributed by atoms with Crippen LogP contribution in [-0.4, -0.2) is 75.5 Å². The Kier molecular flexibility index (Phi) is 12.6. The molecule has 4 rings (SSSR count). The van der Waals surface area contributed by atoms with Crippen LogP contribution in [0.3, 0.4) is 0 Å². The van der Waals surface area contributed by atoms with Crippen LogP contribution in [-0.2, 0) is 9.84 Å². The minimum atomic E-state index is -4.38. The first-order valence-corrected chi connectivity index (χ1v) is 17.0. The lowest BCUT2D eigenvalue weighted by atomic mass is 10.1. The summed E-state index contributed by atoms with van der Waals surface area (Å²) in [5.74, 6) is 2.21. The van der Waals surface area contributed by atoms with E-state index in [1.165, 1.54) is 93.3 Å². The van der Waals surface area contributed by atoms with Crippen molar-refractivity contribution in [3.05, 3.63) is 95.1 Å². The standard InChI is InChI=1S/C38H42O12S/c1-43-25-19-33(47-5)27(34(20-25)48-6)11-15-37(23-9-13-31(45-3)29(39)17-23)51(41,42)38(24-10-14-32(46-4)30(40)18-24)16-12-28-35(49-7)21-26(44-2)22-36(28)50-8/h9-22,37-40H,1-8H3/b15-11+,16-12+. The van der Waals surface area contributed by atoms with E-state index in [0.717, 1.165) is 0 Å². The molecule has 0 aliphatic carbocycles. The molecular weight excluding hydrogens is 680 g/mol. The van der Waals surface area contributed by atoms with E-state index in [-0.39, 0.29) is 34.1 Å². The fourth-order valence-electron chi connectivity index (χ4n) is 5.51. The van der Waals surface area contributed by atoms with Crippen molar-refractivity contribution in [2.45, 2.75) is 10.5 Å². The second-order valence-electron chi connectivity index (χ2n) is 10.9. The van der Waals surface area contributed by atoms with Gasteiger partial charge < -0.3 is 48.1 Å². The van der Waals surface area contributed by atoms with Gasteiger partial charge >= 0.3 is 0 Å². The summed E-state index contributed by atoms with van der Waals surface area (Å²) in [6.45, 7) is 0. The average molecular weight is 723 g/mol. The summed E-state index contributed by atoms with van der Waals surface area (Å²) in [5, 5.41) is 18.8. The van der Waals surface area contributed by atoms with E-state index in [1.54, 1.807) is 48.6 Å². The average Bonchev–Trinajstić information content (AvgIpc) is 3.14. The number of phenolic OH excluding ortho intramolecular Hbond substituents is 2. The van der Waals surface area contributed by atoms with Crippen molar-refractivity contribution >= 4 is 22.0 Å². The fraction of sp³-hybridized carbons (Fsp3) is 0.263. The molecule has 0 fully saturated rings. The number of phenols is 2. The Hall–Kier alpha value is -5.69. The SMILES string of the molecule is COc1cc(OC)c(/C=C/C(c2ccc(OC)c(O)c2)S(=O)(=O)C(/C=C/c2c(OC)cc(OC)cc2OC)c2ccc(OC)c(O)c2)c(OC)c1. The molecule has 0 saturated carbocycles. The zero-order valence-electron chi connectivity index (χ0n) is 29.6. The van der Waals surface area contributed by atoms with Crippen LogP contribution in [0.4, 0.5) is 0 Å². The highest BCUT2D eigenvalue weighted by atomic mass is 32.2. The van der Waals surface area contributed by atoms with Gasteiger partial charge in [-0.3, -0.25) is 0 Å². The van der Waals surface area contributed by atoms with E-state index in [4.69, 9.17) is 37.9 Å². The van der Waals surface area contributed by atoms with Gasteiger partial charge in [-0.2, -0.15) is 0 Å². The molecular formula is C38H42O12S. The molecule has 0 aliphatic rings. The molecule has 272 valence electrons. The monoisotopic (exact) mass is 722 g/mol. The van der Waals surface area contributed by atoms with E-state index >= 15 is 8.42 Å². The highest BCUT2D eigenvalue weighted by molar-refractivity contribution is 7.92. The zero-order valence-corrected chi connectivity index (χ0v) is 30.4. The van der Waals surface area contributed by atoms with Crippen LogP contribution < -0.4 is 37.9 Å². The van der Waals surface area contributed by atoms with Crippen molar-refractivity contribution in [3.63, 3.8) is 0 Å². The van der Waals surface area contributed by atoms with Crippen LogP contribution in [0.5, 0.6) is 57.5 Å². The summed E-state index contributed by atoms with van der Waals surface area (Å²) in [6.07, 6.45) is 6.09. The predicted molar refractivity (Wildman–Crippen MR) is 194 cm³/mol. The van der Waals surface area contributed by atoms with Gasteiger partial charge in [-0.05, 0) is 47.5 Å². The molecule has 13 heteroatoms. The number of hydrogen-bond acceptors (Lipinski definition) is 12. The van der Waals surface area contributed by atoms with Gasteiger partial charge in [0.25, 0.3) is 0 Å². The van der Waals surface area contributed by atoms with Crippen LogP contribution >= 0.6 is 0 Å². The number of benzene rings is 4.